The van der Waals surface area contributed by atoms with Gasteiger partial charge >= 0.3 is 0 Å². The van der Waals surface area contributed by atoms with Gasteiger partial charge in [-0.2, -0.15) is 0 Å². The first-order valence-electron chi connectivity index (χ1n) is 7.43. The van der Waals surface area contributed by atoms with Crippen LogP contribution in [0, 0.1) is 6.92 Å². The van der Waals surface area contributed by atoms with E-state index >= 15 is 0 Å². The highest BCUT2D eigenvalue weighted by Gasteiger charge is 2.23. The van der Waals surface area contributed by atoms with Crippen LogP contribution in [0.5, 0.6) is 0 Å². The van der Waals surface area contributed by atoms with Crippen molar-refractivity contribution in [2.75, 3.05) is 10.2 Å². The molecule has 0 aromatic heterocycles. The van der Waals surface area contributed by atoms with E-state index in [9.17, 15) is 8.42 Å². The second-order valence-corrected chi connectivity index (χ2v) is 8.71. The van der Waals surface area contributed by atoms with E-state index in [1.165, 1.54) is 5.56 Å². The normalized spacial score (nSPS) is 13.0. The summed E-state index contributed by atoms with van der Waals surface area (Å²) in [6.07, 6.45) is 0.931. The minimum Gasteiger partial charge on any atom is -0.224 e. The molecule has 4 heteroatoms. The molecule has 1 atom stereocenters. The van der Waals surface area contributed by atoms with Crippen LogP contribution in [0.15, 0.2) is 53.4 Å². The predicted molar refractivity (Wildman–Crippen MR) is 101 cm³/mol. The van der Waals surface area contributed by atoms with Gasteiger partial charge in [-0.3, -0.25) is 0 Å². The van der Waals surface area contributed by atoms with Gasteiger partial charge in [-0.25, -0.2) is 8.42 Å². The van der Waals surface area contributed by atoms with E-state index in [1.54, 1.807) is 13.0 Å². The van der Waals surface area contributed by atoms with Gasteiger partial charge in [0.25, 0.3) is 0 Å². The Kier molecular flexibility index (Phi) is 6.03. The van der Waals surface area contributed by atoms with Crippen LogP contribution in [-0.4, -0.2) is 18.6 Å². The maximum atomic E-state index is 12.5. The van der Waals surface area contributed by atoms with Gasteiger partial charge in [0.05, 0.1) is 10.6 Å². The average Bonchev–Trinajstić information content (AvgIpc) is 2.53. The highest BCUT2D eigenvalue weighted by atomic mass is 127. The monoisotopic (exact) mass is 428 g/mol. The predicted octanol–water partition coefficient (Wildman–Crippen LogP) is 4.75. The van der Waals surface area contributed by atoms with Gasteiger partial charge in [-0.05, 0) is 30.5 Å². The number of aryl methyl sites for hydroxylation is 1. The number of alkyl halides is 1. The first kappa shape index (κ1) is 17.5. The molecule has 0 saturated carbocycles. The Hall–Kier alpha value is -0.880. The first-order chi connectivity index (χ1) is 10.5. The van der Waals surface area contributed by atoms with Crippen molar-refractivity contribution in [1.29, 1.82) is 0 Å². The summed E-state index contributed by atoms with van der Waals surface area (Å²) >= 11 is 2.36. The van der Waals surface area contributed by atoms with Crippen molar-refractivity contribution >= 4 is 32.4 Å². The molecule has 0 aliphatic heterocycles. The van der Waals surface area contributed by atoms with E-state index in [2.05, 4.69) is 34.7 Å². The van der Waals surface area contributed by atoms with Crippen molar-refractivity contribution in [2.24, 2.45) is 0 Å². The first-order valence-corrected chi connectivity index (χ1v) is 10.6. The molecule has 2 rings (SSSR count). The van der Waals surface area contributed by atoms with Crippen molar-refractivity contribution in [2.45, 2.75) is 31.1 Å². The summed E-state index contributed by atoms with van der Waals surface area (Å²) in [7, 11) is -3.22. The number of benzene rings is 2. The molecule has 2 nitrogen and oxygen atoms in total. The molecule has 0 spiro atoms. The average molecular weight is 428 g/mol. The Labute approximate surface area is 147 Å². The number of rotatable bonds is 6. The number of sulfone groups is 1. The zero-order chi connectivity index (χ0) is 16.2. The quantitative estimate of drug-likeness (QED) is 0.492. The zero-order valence-electron chi connectivity index (χ0n) is 12.9. The second kappa shape index (κ2) is 7.59. The van der Waals surface area contributed by atoms with Crippen molar-refractivity contribution in [3.63, 3.8) is 0 Å². The van der Waals surface area contributed by atoms with Crippen LogP contribution < -0.4 is 0 Å². The second-order valence-electron chi connectivity index (χ2n) is 5.39. The lowest BCUT2D eigenvalue weighted by Gasteiger charge is -2.21. The molecule has 0 N–H and O–H groups in total. The van der Waals surface area contributed by atoms with Crippen molar-refractivity contribution < 1.29 is 8.42 Å². The Morgan fingerprint density at radius 3 is 2.36 bits per heavy atom. The van der Waals surface area contributed by atoms with Gasteiger partial charge in [0, 0.05) is 10.3 Å². The van der Waals surface area contributed by atoms with Gasteiger partial charge < -0.3 is 0 Å². The van der Waals surface area contributed by atoms with E-state index in [-0.39, 0.29) is 11.7 Å². The van der Waals surface area contributed by atoms with Crippen LogP contribution in [0.4, 0.5) is 0 Å². The van der Waals surface area contributed by atoms with Gasteiger partial charge in [-0.1, -0.05) is 77.5 Å². The Morgan fingerprint density at radius 2 is 1.77 bits per heavy atom. The maximum Gasteiger partial charge on any atom is 0.178 e. The van der Waals surface area contributed by atoms with E-state index in [0.29, 0.717) is 4.90 Å². The highest BCUT2D eigenvalue weighted by molar-refractivity contribution is 14.1. The smallest absolute Gasteiger partial charge is 0.178 e. The molecule has 0 radical (unpaired) electrons. The summed E-state index contributed by atoms with van der Waals surface area (Å²) in [5.41, 5.74) is 3.21. The van der Waals surface area contributed by atoms with Crippen LogP contribution in [0.2, 0.25) is 0 Å². The third-order valence-electron chi connectivity index (χ3n) is 3.86. The molecule has 0 aliphatic rings. The standard InChI is InChI=1S/C18H21IO2S/c1-3-22(20,21)18-10-9-14(2)13-17(18)16(11-12-19)15-7-5-4-6-8-15/h4-10,13,16H,3,11-12H2,1-2H3. The molecule has 118 valence electrons. The summed E-state index contributed by atoms with van der Waals surface area (Å²) in [4.78, 5) is 0.485. The van der Waals surface area contributed by atoms with E-state index in [4.69, 9.17) is 0 Å². The maximum absolute atomic E-state index is 12.5. The van der Waals surface area contributed by atoms with Gasteiger partial charge in [-0.15, -0.1) is 0 Å². The summed E-state index contributed by atoms with van der Waals surface area (Å²) in [6, 6.07) is 15.9. The van der Waals surface area contributed by atoms with Crippen LogP contribution in [-0.2, 0) is 9.84 Å². The summed E-state index contributed by atoms with van der Waals surface area (Å²) in [5.74, 6) is 0.253. The van der Waals surface area contributed by atoms with Crippen molar-refractivity contribution in [1.82, 2.24) is 0 Å². The van der Waals surface area contributed by atoms with E-state index in [0.717, 1.165) is 22.0 Å². The SMILES string of the molecule is CCS(=O)(=O)c1ccc(C)cc1C(CCI)c1ccccc1. The third kappa shape index (κ3) is 3.90. The Morgan fingerprint density at radius 1 is 1.09 bits per heavy atom. The number of hydrogen-bond acceptors (Lipinski definition) is 2. The van der Waals surface area contributed by atoms with Crippen molar-refractivity contribution in [3.8, 4) is 0 Å². The number of hydrogen-bond donors (Lipinski definition) is 0. The molecular weight excluding hydrogens is 407 g/mol. The molecule has 22 heavy (non-hydrogen) atoms. The largest absolute Gasteiger partial charge is 0.224 e. The molecule has 0 bridgehead atoms. The highest BCUT2D eigenvalue weighted by Crippen LogP contribution is 2.34. The molecule has 2 aromatic rings. The fourth-order valence-corrected chi connectivity index (χ4v) is 4.44. The minimum absolute atomic E-state index is 0.120. The van der Waals surface area contributed by atoms with Crippen LogP contribution in [0.25, 0.3) is 0 Å². The van der Waals surface area contributed by atoms with Gasteiger partial charge in [0.1, 0.15) is 0 Å². The lowest BCUT2D eigenvalue weighted by Crippen LogP contribution is -2.12. The fourth-order valence-electron chi connectivity index (χ4n) is 2.68. The van der Waals surface area contributed by atoms with Crippen LogP contribution in [0.1, 0.15) is 36.0 Å². The Bertz CT molecular complexity index is 724. The summed E-state index contributed by atoms with van der Waals surface area (Å²) in [6.45, 7) is 3.72. The van der Waals surface area contributed by atoms with Crippen LogP contribution in [0.3, 0.4) is 0 Å². The molecule has 1 unspecified atom stereocenters. The van der Waals surface area contributed by atoms with Crippen LogP contribution >= 0.6 is 22.6 Å². The summed E-state index contributed by atoms with van der Waals surface area (Å²) < 4.78 is 25.9. The zero-order valence-corrected chi connectivity index (χ0v) is 15.9. The lowest BCUT2D eigenvalue weighted by molar-refractivity contribution is 0.594. The topological polar surface area (TPSA) is 34.1 Å². The third-order valence-corrected chi connectivity index (χ3v) is 6.28. The van der Waals surface area contributed by atoms with E-state index < -0.39 is 9.84 Å². The molecule has 0 saturated heterocycles. The van der Waals surface area contributed by atoms with Gasteiger partial charge in [0.2, 0.25) is 0 Å². The van der Waals surface area contributed by atoms with E-state index in [1.807, 2.05) is 37.3 Å². The number of halogens is 1. The molecule has 0 amide bonds. The molecule has 0 heterocycles. The molecular formula is C18H21IO2S. The molecule has 2 aromatic carbocycles. The summed E-state index contributed by atoms with van der Waals surface area (Å²) in [5, 5.41) is 0. The molecule has 0 fully saturated rings. The van der Waals surface area contributed by atoms with Crippen molar-refractivity contribution in [3.05, 3.63) is 65.2 Å². The van der Waals surface area contributed by atoms with Gasteiger partial charge in [0.15, 0.2) is 9.84 Å². The molecule has 0 aliphatic carbocycles. The minimum atomic E-state index is -3.22. The Balaban J connectivity index is 2.64. The lowest BCUT2D eigenvalue weighted by atomic mass is 9.88. The fraction of sp³-hybridized carbons (Fsp3) is 0.333.